The number of hydrogen-bond acceptors (Lipinski definition) is 1. The Labute approximate surface area is 276 Å². The summed E-state index contributed by atoms with van der Waals surface area (Å²) in [7, 11) is 0. The van der Waals surface area contributed by atoms with E-state index >= 15 is 0 Å². The first kappa shape index (κ1) is 22.1. The van der Waals surface area contributed by atoms with Gasteiger partial charge in [-0.2, -0.15) is 0 Å². The van der Waals surface area contributed by atoms with E-state index in [2.05, 4.69) is 116 Å². The molecule has 1 aliphatic carbocycles. The Morgan fingerprint density at radius 3 is 1.93 bits per heavy atom. The van der Waals surface area contributed by atoms with E-state index in [0.717, 1.165) is 32.7 Å². The summed E-state index contributed by atoms with van der Waals surface area (Å²) in [6.45, 7) is 1.71. The van der Waals surface area contributed by atoms with Crippen molar-refractivity contribution in [2.24, 2.45) is 0 Å². The highest BCUT2D eigenvalue weighted by atomic mass is 15.1. The molecular weight excluding hydrogens is 556 g/mol. The first-order valence-corrected chi connectivity index (χ1v) is 15.7. The topological polar surface area (TPSA) is 17.8 Å². The summed E-state index contributed by atoms with van der Waals surface area (Å²) >= 11 is 0. The van der Waals surface area contributed by atoms with Crippen molar-refractivity contribution in [3.05, 3.63) is 156 Å². The summed E-state index contributed by atoms with van der Waals surface area (Å²) in [6.07, 6.45) is -2.69. The van der Waals surface area contributed by atoms with Crippen LogP contribution in [-0.4, -0.2) is 9.55 Å². The van der Waals surface area contributed by atoms with Crippen molar-refractivity contribution >= 4 is 32.6 Å². The van der Waals surface area contributed by atoms with Crippen LogP contribution in [0.1, 0.15) is 44.5 Å². The third-order valence-corrected chi connectivity index (χ3v) is 9.87. The molecule has 0 aliphatic heterocycles. The second-order valence-corrected chi connectivity index (χ2v) is 12.7. The molecule has 2 nitrogen and oxygen atoms in total. The van der Waals surface area contributed by atoms with Gasteiger partial charge in [0, 0.05) is 24.3 Å². The molecule has 0 spiro atoms. The lowest BCUT2D eigenvalue weighted by Gasteiger charge is -2.23. The third-order valence-electron chi connectivity index (χ3n) is 9.87. The minimum atomic E-state index is -2.92. The van der Waals surface area contributed by atoms with Gasteiger partial charge in [0.25, 0.3) is 0 Å². The highest BCUT2D eigenvalue weighted by molar-refractivity contribution is 6.21. The molecule has 0 saturated carbocycles. The number of aryl methyl sites for hydroxylation is 1. The van der Waals surface area contributed by atoms with Gasteiger partial charge in [0.05, 0.1) is 11.0 Å². The zero-order valence-corrected chi connectivity index (χ0v) is 25.7. The molecule has 220 valence electrons. The van der Waals surface area contributed by atoms with E-state index in [-0.39, 0.29) is 11.2 Å². The zero-order chi connectivity index (χ0) is 35.3. The number of hydrogen-bond donors (Lipinski definition) is 0. The number of para-hydroxylation sites is 2. The Morgan fingerprint density at radius 1 is 0.609 bits per heavy atom. The van der Waals surface area contributed by atoms with Crippen molar-refractivity contribution in [2.75, 3.05) is 0 Å². The molecule has 9 rings (SSSR count). The van der Waals surface area contributed by atoms with E-state index in [1.165, 1.54) is 33.4 Å². The summed E-state index contributed by atoms with van der Waals surface area (Å²) in [5.41, 5.74) is 11.3. The Morgan fingerprint density at radius 2 is 1.22 bits per heavy atom. The maximum Gasteiger partial charge on any atom is 0.114 e. The van der Waals surface area contributed by atoms with Gasteiger partial charge in [-0.15, -0.1) is 0 Å². The van der Waals surface area contributed by atoms with Crippen LogP contribution in [0.3, 0.4) is 0 Å². The van der Waals surface area contributed by atoms with Crippen molar-refractivity contribution in [2.45, 2.75) is 32.5 Å². The molecule has 1 heterocycles. The van der Waals surface area contributed by atoms with E-state index in [4.69, 9.17) is 6.85 Å². The maximum absolute atomic E-state index is 8.71. The standard InChI is InChI=1S/C44H34N2/c1-4-41-45-39-22-11-12-23-40(39)46(41)30-15-13-14-28(26-30)42-33-17-5-7-19-35(33)43(36-20-8-6-18-34(36)42)29-24-25-32-31-16-9-10-21-37(31)44(2,3)38(32)27-29/h5-27H,4H2,1-3H3/i1D3,4D2. The van der Waals surface area contributed by atoms with Crippen molar-refractivity contribution in [3.63, 3.8) is 0 Å². The van der Waals surface area contributed by atoms with E-state index in [1.807, 2.05) is 36.4 Å². The van der Waals surface area contributed by atoms with Gasteiger partial charge in [-0.1, -0.05) is 130 Å². The molecule has 0 amide bonds. The summed E-state index contributed by atoms with van der Waals surface area (Å²) in [4.78, 5) is 4.55. The van der Waals surface area contributed by atoms with Gasteiger partial charge in [-0.3, -0.25) is 4.57 Å². The number of imidazole rings is 1. The van der Waals surface area contributed by atoms with Crippen LogP contribution in [0.15, 0.2) is 140 Å². The Hall–Kier alpha value is -5.47. The Kier molecular flexibility index (Phi) is 4.81. The average Bonchev–Trinajstić information content (AvgIpc) is 3.63. The predicted octanol–water partition coefficient (Wildman–Crippen LogP) is 11.5. The average molecular weight is 596 g/mol. The van der Waals surface area contributed by atoms with E-state index in [1.54, 1.807) is 10.6 Å². The minimum Gasteiger partial charge on any atom is -0.296 e. The SMILES string of the molecule is [2H]C([2H])([2H])C([2H])([2H])c1nc2ccccc2n1-c1cccc(-c2c3ccccc3c(-c3ccc4c(c3)C(C)(C)c3ccccc3-4)c3ccccc23)c1. The zero-order valence-electron chi connectivity index (χ0n) is 30.7. The molecular formula is C44H34N2. The van der Waals surface area contributed by atoms with Crippen LogP contribution < -0.4 is 0 Å². The lowest BCUT2D eigenvalue weighted by Crippen LogP contribution is -2.14. The molecule has 46 heavy (non-hydrogen) atoms. The summed E-state index contributed by atoms with van der Waals surface area (Å²) in [5.74, 6) is -0.146. The molecule has 8 aromatic rings. The van der Waals surface area contributed by atoms with Crippen LogP contribution in [0, 0.1) is 0 Å². The third kappa shape index (κ3) is 3.80. The Balaban J connectivity index is 1.29. The van der Waals surface area contributed by atoms with Gasteiger partial charge >= 0.3 is 0 Å². The number of aromatic nitrogens is 2. The summed E-state index contributed by atoms with van der Waals surface area (Å²) in [6, 6.07) is 48.0. The molecule has 0 radical (unpaired) electrons. The van der Waals surface area contributed by atoms with Crippen LogP contribution in [0.2, 0.25) is 0 Å². The van der Waals surface area contributed by atoms with Crippen LogP contribution in [0.4, 0.5) is 0 Å². The molecule has 0 unspecified atom stereocenters. The van der Waals surface area contributed by atoms with Crippen molar-refractivity contribution in [3.8, 4) is 39.1 Å². The van der Waals surface area contributed by atoms with Gasteiger partial charge in [-0.05, 0) is 96.4 Å². The van der Waals surface area contributed by atoms with Crippen molar-refractivity contribution in [1.29, 1.82) is 0 Å². The molecule has 0 N–H and O–H groups in total. The molecule has 1 aliphatic rings. The molecule has 0 atom stereocenters. The first-order valence-electron chi connectivity index (χ1n) is 18.2. The second-order valence-electron chi connectivity index (χ2n) is 12.7. The number of rotatable bonds is 4. The number of benzene rings is 7. The summed E-state index contributed by atoms with van der Waals surface area (Å²) < 4.78 is 43.2. The molecule has 1 aromatic heterocycles. The van der Waals surface area contributed by atoms with E-state index < -0.39 is 13.2 Å². The van der Waals surface area contributed by atoms with Gasteiger partial charge < -0.3 is 0 Å². The maximum atomic E-state index is 8.71. The minimum absolute atomic E-state index is 0.125. The van der Waals surface area contributed by atoms with Gasteiger partial charge in [0.1, 0.15) is 5.82 Å². The second kappa shape index (κ2) is 10.0. The van der Waals surface area contributed by atoms with Gasteiger partial charge in [-0.25, -0.2) is 4.98 Å². The van der Waals surface area contributed by atoms with Crippen molar-refractivity contribution < 1.29 is 6.85 Å². The molecule has 0 fully saturated rings. The van der Waals surface area contributed by atoms with Gasteiger partial charge in [0.15, 0.2) is 0 Å². The fourth-order valence-corrected chi connectivity index (χ4v) is 7.78. The van der Waals surface area contributed by atoms with Crippen molar-refractivity contribution in [1.82, 2.24) is 9.55 Å². The van der Waals surface area contributed by atoms with E-state index in [0.29, 0.717) is 16.7 Å². The van der Waals surface area contributed by atoms with Crippen LogP contribution in [0.25, 0.3) is 71.6 Å². The molecule has 0 saturated heterocycles. The number of fused-ring (bicyclic) bond motifs is 6. The van der Waals surface area contributed by atoms with Crippen LogP contribution >= 0.6 is 0 Å². The summed E-state index contributed by atoms with van der Waals surface area (Å²) in [5, 5.41) is 4.47. The fourth-order valence-electron chi connectivity index (χ4n) is 7.78. The molecule has 2 heteroatoms. The fraction of sp³-hybridized carbons (Fsp3) is 0.114. The predicted molar refractivity (Wildman–Crippen MR) is 194 cm³/mol. The highest BCUT2D eigenvalue weighted by Gasteiger charge is 2.35. The largest absolute Gasteiger partial charge is 0.296 e. The van der Waals surface area contributed by atoms with Crippen LogP contribution in [0.5, 0.6) is 0 Å². The highest BCUT2D eigenvalue weighted by Crippen LogP contribution is 2.51. The smallest absolute Gasteiger partial charge is 0.114 e. The normalized spacial score (nSPS) is 15.6. The monoisotopic (exact) mass is 595 g/mol. The lowest BCUT2D eigenvalue weighted by atomic mass is 9.80. The quantitative estimate of drug-likeness (QED) is 0.185. The van der Waals surface area contributed by atoms with Crippen LogP contribution in [-0.2, 0) is 11.8 Å². The van der Waals surface area contributed by atoms with E-state index in [9.17, 15) is 0 Å². The number of nitrogens with zero attached hydrogens (tertiary/aromatic N) is 2. The van der Waals surface area contributed by atoms with Gasteiger partial charge in [0.2, 0.25) is 0 Å². The Bertz CT molecular complexity index is 2640. The lowest BCUT2D eigenvalue weighted by molar-refractivity contribution is 0.660. The molecule has 0 bridgehead atoms. The first-order chi connectivity index (χ1) is 24.5. The molecule has 7 aromatic carbocycles.